The molecule has 2 nitrogen and oxygen atoms in total. The number of piperazine rings is 1. The van der Waals surface area contributed by atoms with Gasteiger partial charge in [-0.2, -0.15) is 0 Å². The van der Waals surface area contributed by atoms with Crippen LogP contribution in [0, 0.1) is 5.92 Å². The molecule has 1 saturated heterocycles. The summed E-state index contributed by atoms with van der Waals surface area (Å²) in [6.45, 7) is 8.85. The third kappa shape index (κ3) is 4.95. The van der Waals surface area contributed by atoms with Gasteiger partial charge in [0.25, 0.3) is 0 Å². The summed E-state index contributed by atoms with van der Waals surface area (Å²) in [6.07, 6.45) is 8.48. The molecule has 24 heavy (non-hydrogen) atoms. The Morgan fingerprint density at radius 3 is 2.25 bits per heavy atom. The predicted octanol–water partition coefficient (Wildman–Crippen LogP) is 1.48. The van der Waals surface area contributed by atoms with E-state index in [2.05, 4.69) is 49.2 Å². The van der Waals surface area contributed by atoms with Gasteiger partial charge in [0.15, 0.2) is 0 Å². The lowest BCUT2D eigenvalue weighted by Gasteiger charge is -2.47. The second-order valence-electron chi connectivity index (χ2n) is 8.08. The molecule has 0 bridgehead atoms. The molecule has 136 valence electrons. The van der Waals surface area contributed by atoms with Crippen molar-refractivity contribution < 1.29 is 28.5 Å². The van der Waals surface area contributed by atoms with Gasteiger partial charge in [-0.1, -0.05) is 56.5 Å². The van der Waals surface area contributed by atoms with Gasteiger partial charge in [-0.3, -0.25) is 4.90 Å². The van der Waals surface area contributed by atoms with Crippen molar-refractivity contribution in [3.63, 3.8) is 0 Å². The summed E-state index contributed by atoms with van der Waals surface area (Å²) in [7, 11) is 2.46. The van der Waals surface area contributed by atoms with Crippen LogP contribution >= 0.6 is 0 Å². The average Bonchev–Trinajstić information content (AvgIpc) is 2.59. The Balaban J connectivity index is 0.00000208. The van der Waals surface area contributed by atoms with Crippen molar-refractivity contribution in [3.05, 3.63) is 35.9 Å². The smallest absolute Gasteiger partial charge is 0.0914 e. The minimum Gasteiger partial charge on any atom is -1.00 e. The quantitative estimate of drug-likeness (QED) is 0.494. The monoisotopic (exact) mass is 442 g/mol. The third-order valence-corrected chi connectivity index (χ3v) is 6.25. The van der Waals surface area contributed by atoms with E-state index < -0.39 is 0 Å². The number of hydrogen-bond donors (Lipinski definition) is 0. The first-order valence-corrected chi connectivity index (χ1v) is 9.84. The van der Waals surface area contributed by atoms with Crippen LogP contribution < -0.4 is 24.0 Å². The van der Waals surface area contributed by atoms with Crippen LogP contribution in [0.15, 0.2) is 30.3 Å². The summed E-state index contributed by atoms with van der Waals surface area (Å²) >= 11 is 0. The highest BCUT2D eigenvalue weighted by atomic mass is 127. The van der Waals surface area contributed by atoms with Crippen molar-refractivity contribution >= 4 is 0 Å². The minimum absolute atomic E-state index is 0. The van der Waals surface area contributed by atoms with Crippen LogP contribution in [0.25, 0.3) is 0 Å². The van der Waals surface area contributed by atoms with Gasteiger partial charge in [-0.25, -0.2) is 0 Å². The third-order valence-electron chi connectivity index (χ3n) is 6.25. The first-order chi connectivity index (χ1) is 11.2. The van der Waals surface area contributed by atoms with Gasteiger partial charge in [-0.05, 0) is 30.7 Å². The first kappa shape index (κ1) is 20.2. The largest absolute Gasteiger partial charge is 1.00 e. The SMILES string of the molecule is CCC[N+]1(C)CCN(C(c2ccccc2)C2CCCCC2)CC1.[I-]. The maximum Gasteiger partial charge on any atom is 0.0914 e. The fraction of sp³-hybridized carbons (Fsp3) is 0.714. The summed E-state index contributed by atoms with van der Waals surface area (Å²) in [4.78, 5) is 2.82. The summed E-state index contributed by atoms with van der Waals surface area (Å²) < 4.78 is 1.28. The molecular weight excluding hydrogens is 407 g/mol. The highest BCUT2D eigenvalue weighted by Gasteiger charge is 2.35. The van der Waals surface area contributed by atoms with Crippen molar-refractivity contribution in [2.75, 3.05) is 39.8 Å². The molecule has 1 aromatic rings. The van der Waals surface area contributed by atoms with Gasteiger partial charge in [-0.15, -0.1) is 0 Å². The molecule has 3 rings (SSSR count). The maximum atomic E-state index is 2.82. The van der Waals surface area contributed by atoms with E-state index in [0.717, 1.165) is 5.92 Å². The zero-order valence-electron chi connectivity index (χ0n) is 15.6. The zero-order valence-corrected chi connectivity index (χ0v) is 17.7. The fourth-order valence-corrected chi connectivity index (χ4v) is 4.89. The van der Waals surface area contributed by atoms with E-state index in [4.69, 9.17) is 0 Å². The Labute approximate surface area is 166 Å². The Morgan fingerprint density at radius 1 is 1.04 bits per heavy atom. The van der Waals surface area contributed by atoms with Crippen molar-refractivity contribution in [2.45, 2.75) is 51.5 Å². The van der Waals surface area contributed by atoms with Gasteiger partial charge in [0.05, 0.1) is 26.7 Å². The second kappa shape index (κ2) is 9.54. The molecule has 0 N–H and O–H groups in total. The van der Waals surface area contributed by atoms with Crippen LogP contribution in [-0.2, 0) is 0 Å². The standard InChI is InChI=1S/C21H35N2.HI/c1-3-16-23(2)17-14-22(15-18-23)21(19-10-6-4-7-11-19)20-12-8-5-9-13-20;/h4,6-7,10-11,20-21H,3,5,8-9,12-18H2,1-2H3;1H/q+1;/p-1. The van der Waals surface area contributed by atoms with Crippen molar-refractivity contribution in [2.24, 2.45) is 5.92 Å². The molecule has 3 heteroatoms. The lowest BCUT2D eigenvalue weighted by atomic mass is 9.80. The lowest BCUT2D eigenvalue weighted by Crippen LogP contribution is -3.00. The van der Waals surface area contributed by atoms with Crippen LogP contribution in [0.1, 0.15) is 57.1 Å². The van der Waals surface area contributed by atoms with E-state index in [-0.39, 0.29) is 24.0 Å². The van der Waals surface area contributed by atoms with Crippen LogP contribution in [-0.4, -0.2) is 49.2 Å². The molecule has 2 aliphatic rings. The molecule has 1 atom stereocenters. The van der Waals surface area contributed by atoms with Crippen molar-refractivity contribution in [1.82, 2.24) is 4.90 Å². The van der Waals surface area contributed by atoms with Crippen molar-refractivity contribution in [1.29, 1.82) is 0 Å². The first-order valence-electron chi connectivity index (χ1n) is 9.84. The molecule has 0 aromatic heterocycles. The van der Waals surface area contributed by atoms with Gasteiger partial charge in [0, 0.05) is 19.1 Å². The van der Waals surface area contributed by atoms with Gasteiger partial charge in [0.2, 0.25) is 0 Å². The number of quaternary nitrogens is 1. The Kier molecular flexibility index (Phi) is 8.02. The number of rotatable bonds is 5. The molecule has 1 aromatic carbocycles. The van der Waals surface area contributed by atoms with Gasteiger partial charge >= 0.3 is 0 Å². The topological polar surface area (TPSA) is 3.24 Å². The second-order valence-corrected chi connectivity index (χ2v) is 8.08. The molecule has 0 amide bonds. The molecule has 1 aliphatic heterocycles. The van der Waals surface area contributed by atoms with Crippen LogP contribution in [0.4, 0.5) is 0 Å². The number of likely N-dealkylation sites (N-methyl/N-ethyl adjacent to an activating group) is 1. The van der Waals surface area contributed by atoms with E-state index in [1.165, 1.54) is 75.7 Å². The number of benzene rings is 1. The van der Waals surface area contributed by atoms with E-state index in [1.54, 1.807) is 5.56 Å². The molecular formula is C21H35IN2. The predicted molar refractivity (Wildman–Crippen MR) is 98.4 cm³/mol. The molecule has 0 spiro atoms. The van der Waals surface area contributed by atoms with Crippen LogP contribution in [0.5, 0.6) is 0 Å². The van der Waals surface area contributed by atoms with Crippen molar-refractivity contribution in [3.8, 4) is 0 Å². The summed E-state index contributed by atoms with van der Waals surface area (Å²) in [6, 6.07) is 12.0. The average molecular weight is 442 g/mol. The minimum atomic E-state index is 0. The highest BCUT2D eigenvalue weighted by Crippen LogP contribution is 2.39. The molecule has 1 aliphatic carbocycles. The number of hydrogen-bond acceptors (Lipinski definition) is 1. The van der Waals surface area contributed by atoms with E-state index in [9.17, 15) is 0 Å². The molecule has 0 radical (unpaired) electrons. The van der Waals surface area contributed by atoms with Crippen LogP contribution in [0.3, 0.4) is 0 Å². The lowest BCUT2D eigenvalue weighted by molar-refractivity contribution is -0.914. The summed E-state index contributed by atoms with van der Waals surface area (Å²) in [5.41, 5.74) is 1.56. The molecule has 1 saturated carbocycles. The fourth-order valence-electron chi connectivity index (χ4n) is 4.89. The Morgan fingerprint density at radius 2 is 1.67 bits per heavy atom. The maximum absolute atomic E-state index is 2.82. The van der Waals surface area contributed by atoms with Gasteiger partial charge < -0.3 is 28.5 Å². The Hall–Kier alpha value is -0.130. The van der Waals surface area contributed by atoms with Gasteiger partial charge in [0.1, 0.15) is 0 Å². The van der Waals surface area contributed by atoms with E-state index in [0.29, 0.717) is 6.04 Å². The Bertz CT molecular complexity index is 462. The molecule has 2 fully saturated rings. The van der Waals surface area contributed by atoms with Crippen LogP contribution in [0.2, 0.25) is 0 Å². The zero-order chi connectivity index (χ0) is 16.1. The highest BCUT2D eigenvalue weighted by molar-refractivity contribution is 5.20. The molecule has 1 heterocycles. The number of halogens is 1. The summed E-state index contributed by atoms with van der Waals surface area (Å²) in [5, 5.41) is 0. The summed E-state index contributed by atoms with van der Waals surface area (Å²) in [5.74, 6) is 0.870. The van der Waals surface area contributed by atoms with E-state index in [1.807, 2.05) is 0 Å². The number of nitrogens with zero attached hydrogens (tertiary/aromatic N) is 2. The molecule has 1 unspecified atom stereocenters. The normalized spacial score (nSPS) is 23.4. The van der Waals surface area contributed by atoms with E-state index >= 15 is 0 Å².